The van der Waals surface area contributed by atoms with Crippen LogP contribution in [0.5, 0.6) is 0 Å². The molecule has 0 saturated heterocycles. The summed E-state index contributed by atoms with van der Waals surface area (Å²) in [7, 11) is 0. The van der Waals surface area contributed by atoms with E-state index in [4.69, 9.17) is 5.73 Å². The second-order valence-electron chi connectivity index (χ2n) is 5.15. The lowest BCUT2D eigenvalue weighted by Crippen LogP contribution is -2.41. The van der Waals surface area contributed by atoms with Crippen LogP contribution in [0, 0.1) is 11.8 Å². The Balaban J connectivity index is 2.26. The smallest absolute Gasteiger partial charge is 0.223 e. The minimum Gasteiger partial charge on any atom is -0.356 e. The van der Waals surface area contributed by atoms with E-state index in [0.29, 0.717) is 25.4 Å². The number of carbonyl (C=O) groups is 2. The molecule has 1 rings (SSSR count). The third kappa shape index (κ3) is 4.64. The van der Waals surface area contributed by atoms with Crippen LogP contribution >= 0.6 is 0 Å². The highest BCUT2D eigenvalue weighted by Gasteiger charge is 2.30. The lowest BCUT2D eigenvalue weighted by molar-refractivity contribution is -0.127. The van der Waals surface area contributed by atoms with Crippen molar-refractivity contribution in [3.63, 3.8) is 0 Å². The van der Waals surface area contributed by atoms with Gasteiger partial charge in [0.15, 0.2) is 0 Å². The van der Waals surface area contributed by atoms with Gasteiger partial charge in [0, 0.05) is 31.5 Å². The first-order valence-electron chi connectivity index (χ1n) is 6.84. The van der Waals surface area contributed by atoms with Crippen LogP contribution < -0.4 is 16.4 Å². The fraction of sp³-hybridized carbons (Fsp3) is 0.846. The molecular weight excluding hydrogens is 230 g/mol. The quantitative estimate of drug-likeness (QED) is 0.664. The molecule has 5 nitrogen and oxygen atoms in total. The van der Waals surface area contributed by atoms with Gasteiger partial charge in [0.2, 0.25) is 11.8 Å². The topological polar surface area (TPSA) is 84.2 Å². The van der Waals surface area contributed by atoms with E-state index in [-0.39, 0.29) is 23.8 Å². The molecule has 1 saturated carbocycles. The molecular formula is C13H25N3O2. The van der Waals surface area contributed by atoms with Crippen molar-refractivity contribution in [2.24, 2.45) is 17.6 Å². The van der Waals surface area contributed by atoms with Crippen molar-refractivity contribution in [2.45, 2.75) is 45.6 Å². The molecule has 0 heterocycles. The first-order valence-corrected chi connectivity index (χ1v) is 6.84. The Morgan fingerprint density at radius 3 is 2.61 bits per heavy atom. The highest BCUT2D eigenvalue weighted by Crippen LogP contribution is 2.29. The van der Waals surface area contributed by atoms with Gasteiger partial charge >= 0.3 is 0 Å². The molecule has 3 atom stereocenters. The number of amides is 2. The number of rotatable bonds is 5. The van der Waals surface area contributed by atoms with Crippen molar-refractivity contribution >= 4 is 11.8 Å². The Morgan fingerprint density at radius 1 is 1.28 bits per heavy atom. The van der Waals surface area contributed by atoms with E-state index >= 15 is 0 Å². The monoisotopic (exact) mass is 255 g/mol. The van der Waals surface area contributed by atoms with Crippen LogP contribution in [0.25, 0.3) is 0 Å². The lowest BCUT2D eigenvalue weighted by Gasteiger charge is -2.31. The average molecular weight is 255 g/mol. The van der Waals surface area contributed by atoms with Crippen LogP contribution in [-0.4, -0.2) is 30.9 Å². The molecule has 104 valence electrons. The molecule has 1 aliphatic rings. The van der Waals surface area contributed by atoms with Crippen LogP contribution in [0.1, 0.15) is 39.5 Å². The molecule has 0 radical (unpaired) electrons. The first kappa shape index (κ1) is 15.0. The largest absolute Gasteiger partial charge is 0.356 e. The van der Waals surface area contributed by atoms with E-state index in [1.165, 1.54) is 0 Å². The Morgan fingerprint density at radius 2 is 2.00 bits per heavy atom. The van der Waals surface area contributed by atoms with Crippen molar-refractivity contribution in [1.29, 1.82) is 0 Å². The summed E-state index contributed by atoms with van der Waals surface area (Å²) < 4.78 is 0. The Labute approximate surface area is 109 Å². The normalized spacial score (nSPS) is 27.6. The Hall–Kier alpha value is -1.10. The number of nitrogens with two attached hydrogens (primary N) is 1. The second kappa shape index (κ2) is 7.36. The summed E-state index contributed by atoms with van der Waals surface area (Å²) in [6.07, 6.45) is 3.03. The van der Waals surface area contributed by atoms with Crippen LogP contribution in [0.15, 0.2) is 0 Å². The van der Waals surface area contributed by atoms with Gasteiger partial charge in [-0.15, -0.1) is 0 Å². The molecule has 1 fully saturated rings. The van der Waals surface area contributed by atoms with Crippen LogP contribution in [0.4, 0.5) is 0 Å². The fourth-order valence-corrected chi connectivity index (χ4v) is 2.54. The van der Waals surface area contributed by atoms with Gasteiger partial charge in [0.05, 0.1) is 0 Å². The molecule has 0 aromatic heterocycles. The molecule has 0 aromatic carbocycles. The van der Waals surface area contributed by atoms with Gasteiger partial charge in [-0.05, 0) is 32.1 Å². The zero-order valence-corrected chi connectivity index (χ0v) is 11.4. The van der Waals surface area contributed by atoms with Crippen molar-refractivity contribution in [1.82, 2.24) is 10.6 Å². The summed E-state index contributed by atoms with van der Waals surface area (Å²) >= 11 is 0. The Bertz CT molecular complexity index is 294. The third-order valence-electron chi connectivity index (χ3n) is 3.57. The lowest BCUT2D eigenvalue weighted by atomic mass is 9.78. The number of carbonyl (C=O) groups excluding carboxylic acids is 2. The van der Waals surface area contributed by atoms with Crippen molar-refractivity contribution < 1.29 is 9.59 Å². The zero-order chi connectivity index (χ0) is 13.5. The standard InChI is InChI=1S/C13H25N3O2/c1-3-15-12(17)6-7-16-13(18)11-5-4-10(14)8-9(11)2/h9-11H,3-8,14H2,1-2H3,(H,15,17)(H,16,18). The molecule has 18 heavy (non-hydrogen) atoms. The van der Waals surface area contributed by atoms with Crippen molar-refractivity contribution in [3.8, 4) is 0 Å². The average Bonchev–Trinajstić information content (AvgIpc) is 2.29. The van der Waals surface area contributed by atoms with E-state index in [0.717, 1.165) is 19.3 Å². The summed E-state index contributed by atoms with van der Waals surface area (Å²) in [6.45, 7) is 5.00. The molecule has 1 aliphatic carbocycles. The van der Waals surface area contributed by atoms with E-state index in [2.05, 4.69) is 17.6 Å². The van der Waals surface area contributed by atoms with Crippen LogP contribution in [0.2, 0.25) is 0 Å². The second-order valence-corrected chi connectivity index (χ2v) is 5.15. The number of hydrogen-bond acceptors (Lipinski definition) is 3. The molecule has 4 N–H and O–H groups in total. The van der Waals surface area contributed by atoms with Gasteiger partial charge < -0.3 is 16.4 Å². The van der Waals surface area contributed by atoms with Gasteiger partial charge in [-0.1, -0.05) is 6.92 Å². The molecule has 2 amide bonds. The van der Waals surface area contributed by atoms with E-state index in [1.807, 2.05) is 6.92 Å². The maximum atomic E-state index is 12.0. The molecule has 0 aromatic rings. The SMILES string of the molecule is CCNC(=O)CCNC(=O)C1CCC(N)CC1C. The maximum absolute atomic E-state index is 12.0. The van der Waals surface area contributed by atoms with Gasteiger partial charge in [-0.2, -0.15) is 0 Å². The minimum atomic E-state index is -0.0171. The predicted molar refractivity (Wildman–Crippen MR) is 70.8 cm³/mol. The third-order valence-corrected chi connectivity index (χ3v) is 3.57. The van der Waals surface area contributed by atoms with Gasteiger partial charge in [0.25, 0.3) is 0 Å². The highest BCUT2D eigenvalue weighted by atomic mass is 16.2. The van der Waals surface area contributed by atoms with Gasteiger partial charge in [0.1, 0.15) is 0 Å². The summed E-state index contributed by atoms with van der Waals surface area (Å²) in [5, 5.41) is 5.55. The van der Waals surface area contributed by atoms with Gasteiger partial charge in [-0.3, -0.25) is 9.59 Å². The molecule has 3 unspecified atom stereocenters. The van der Waals surface area contributed by atoms with E-state index in [9.17, 15) is 9.59 Å². The Kier molecular flexibility index (Phi) is 6.12. The summed E-state index contributed by atoms with van der Waals surface area (Å²) in [4.78, 5) is 23.2. The highest BCUT2D eigenvalue weighted by molar-refractivity contribution is 5.80. The minimum absolute atomic E-state index is 0.0171. The zero-order valence-electron chi connectivity index (χ0n) is 11.4. The number of nitrogens with one attached hydrogen (secondary N) is 2. The first-order chi connectivity index (χ1) is 8.54. The molecule has 0 aliphatic heterocycles. The number of hydrogen-bond donors (Lipinski definition) is 3. The maximum Gasteiger partial charge on any atom is 0.223 e. The molecule has 5 heteroatoms. The van der Waals surface area contributed by atoms with E-state index < -0.39 is 0 Å². The van der Waals surface area contributed by atoms with Crippen molar-refractivity contribution in [2.75, 3.05) is 13.1 Å². The molecule has 0 spiro atoms. The summed E-state index contributed by atoms with van der Waals surface area (Å²) in [5.41, 5.74) is 5.88. The molecule has 0 bridgehead atoms. The summed E-state index contributed by atoms with van der Waals surface area (Å²) in [5.74, 6) is 0.437. The van der Waals surface area contributed by atoms with E-state index in [1.54, 1.807) is 0 Å². The predicted octanol–water partition coefficient (Wildman–Crippen LogP) is 0.392. The van der Waals surface area contributed by atoms with Crippen molar-refractivity contribution in [3.05, 3.63) is 0 Å². The van der Waals surface area contributed by atoms with Crippen LogP contribution in [0.3, 0.4) is 0 Å². The van der Waals surface area contributed by atoms with Crippen LogP contribution in [-0.2, 0) is 9.59 Å². The van der Waals surface area contributed by atoms with Gasteiger partial charge in [-0.25, -0.2) is 0 Å². The fourth-order valence-electron chi connectivity index (χ4n) is 2.54. The summed E-state index contributed by atoms with van der Waals surface area (Å²) in [6, 6.07) is 0.236.